The Morgan fingerprint density at radius 1 is 0.700 bits per heavy atom. The summed E-state index contributed by atoms with van der Waals surface area (Å²) in [5, 5.41) is 0. The molecule has 0 bridgehead atoms. The molecule has 0 spiro atoms. The highest BCUT2D eigenvalue weighted by atomic mass is 32.2. The third-order valence-electron chi connectivity index (χ3n) is 4.63. The molecule has 0 fully saturated rings. The number of benzene rings is 3. The predicted octanol–water partition coefficient (Wildman–Crippen LogP) is 4.73. The van der Waals surface area contributed by atoms with Gasteiger partial charge in [-0.1, -0.05) is 12.1 Å². The monoisotopic (exact) mass is 434 g/mol. The molecule has 0 aliphatic rings. The van der Waals surface area contributed by atoms with E-state index >= 15 is 0 Å². The standard InChI is InChI=1S/C22H20F2O5S/c1-27-20-9-14(10-21(28-2)22(20)29-3)17-12-19(24)18(23)11-16(17)13-5-7-15(8-6-13)30(4,25)26/h5-12H,1-4H3. The van der Waals surface area contributed by atoms with Gasteiger partial charge in [0.25, 0.3) is 0 Å². The molecule has 0 atom stereocenters. The van der Waals surface area contributed by atoms with Crippen molar-refractivity contribution in [3.05, 3.63) is 60.2 Å². The molecule has 0 N–H and O–H groups in total. The minimum absolute atomic E-state index is 0.128. The second-order valence-electron chi connectivity index (χ2n) is 6.52. The fourth-order valence-corrected chi connectivity index (χ4v) is 3.77. The molecule has 0 radical (unpaired) electrons. The zero-order valence-electron chi connectivity index (χ0n) is 16.8. The number of hydrogen-bond acceptors (Lipinski definition) is 5. The predicted molar refractivity (Wildman–Crippen MR) is 110 cm³/mol. The van der Waals surface area contributed by atoms with E-state index in [2.05, 4.69) is 0 Å². The molecule has 0 saturated carbocycles. The molecule has 3 aromatic rings. The average molecular weight is 434 g/mol. The normalized spacial score (nSPS) is 11.3. The zero-order chi connectivity index (χ0) is 22.1. The Kier molecular flexibility index (Phi) is 5.98. The van der Waals surface area contributed by atoms with Crippen LogP contribution in [-0.4, -0.2) is 36.0 Å². The van der Waals surface area contributed by atoms with Gasteiger partial charge in [0, 0.05) is 6.26 Å². The summed E-state index contributed by atoms with van der Waals surface area (Å²) in [6.07, 6.45) is 1.10. The van der Waals surface area contributed by atoms with Crippen molar-refractivity contribution >= 4 is 9.84 Å². The van der Waals surface area contributed by atoms with Gasteiger partial charge < -0.3 is 14.2 Å². The molecule has 158 valence electrons. The number of rotatable bonds is 6. The fourth-order valence-electron chi connectivity index (χ4n) is 3.14. The maximum absolute atomic E-state index is 14.1. The Morgan fingerprint density at radius 2 is 1.17 bits per heavy atom. The smallest absolute Gasteiger partial charge is 0.203 e. The molecule has 3 aromatic carbocycles. The number of hydrogen-bond donors (Lipinski definition) is 0. The SMILES string of the molecule is COc1cc(-c2cc(F)c(F)cc2-c2ccc(S(C)(=O)=O)cc2)cc(OC)c1OC. The van der Waals surface area contributed by atoms with Crippen molar-refractivity contribution in [3.63, 3.8) is 0 Å². The van der Waals surface area contributed by atoms with E-state index in [9.17, 15) is 17.2 Å². The second-order valence-corrected chi connectivity index (χ2v) is 8.54. The van der Waals surface area contributed by atoms with Gasteiger partial charge in [-0.25, -0.2) is 17.2 Å². The lowest BCUT2D eigenvalue weighted by atomic mass is 9.93. The van der Waals surface area contributed by atoms with E-state index < -0.39 is 21.5 Å². The molecule has 0 aliphatic heterocycles. The van der Waals surface area contributed by atoms with E-state index in [1.165, 1.54) is 33.5 Å². The molecule has 0 unspecified atom stereocenters. The van der Waals surface area contributed by atoms with Gasteiger partial charge in [-0.05, 0) is 58.7 Å². The van der Waals surface area contributed by atoms with E-state index in [4.69, 9.17) is 14.2 Å². The largest absolute Gasteiger partial charge is 0.493 e. The van der Waals surface area contributed by atoms with Gasteiger partial charge in [-0.15, -0.1) is 0 Å². The summed E-state index contributed by atoms with van der Waals surface area (Å²) in [4.78, 5) is 0.128. The molecule has 30 heavy (non-hydrogen) atoms. The van der Waals surface area contributed by atoms with Crippen LogP contribution in [0, 0.1) is 11.6 Å². The molecule has 3 rings (SSSR count). The van der Waals surface area contributed by atoms with Crippen LogP contribution in [0.4, 0.5) is 8.78 Å². The number of ether oxygens (including phenoxy) is 3. The number of sulfone groups is 1. The minimum Gasteiger partial charge on any atom is -0.493 e. The first-order chi connectivity index (χ1) is 14.2. The number of methoxy groups -OCH3 is 3. The molecule has 5 nitrogen and oxygen atoms in total. The first-order valence-electron chi connectivity index (χ1n) is 8.79. The van der Waals surface area contributed by atoms with Crippen LogP contribution >= 0.6 is 0 Å². The second kappa shape index (κ2) is 8.31. The summed E-state index contributed by atoms with van der Waals surface area (Å²) >= 11 is 0. The zero-order valence-corrected chi connectivity index (χ0v) is 17.6. The van der Waals surface area contributed by atoms with Gasteiger partial charge in [0.05, 0.1) is 26.2 Å². The highest BCUT2D eigenvalue weighted by Crippen LogP contribution is 2.43. The molecule has 0 aliphatic carbocycles. The molecule has 0 aromatic heterocycles. The summed E-state index contributed by atoms with van der Waals surface area (Å²) in [5.74, 6) is -0.959. The Labute approximate surface area is 173 Å². The Morgan fingerprint density at radius 3 is 1.57 bits per heavy atom. The van der Waals surface area contributed by atoms with Crippen LogP contribution < -0.4 is 14.2 Å². The summed E-state index contributed by atoms with van der Waals surface area (Å²) in [7, 11) is 0.990. The van der Waals surface area contributed by atoms with Crippen molar-refractivity contribution in [3.8, 4) is 39.5 Å². The van der Waals surface area contributed by atoms with Crippen LogP contribution in [0.2, 0.25) is 0 Å². The number of halogens is 2. The van der Waals surface area contributed by atoms with Crippen LogP contribution in [0.15, 0.2) is 53.4 Å². The van der Waals surface area contributed by atoms with E-state index in [0.29, 0.717) is 39.5 Å². The quantitative estimate of drug-likeness (QED) is 0.561. The maximum Gasteiger partial charge on any atom is 0.203 e. The summed E-state index contributed by atoms with van der Waals surface area (Å²) in [5.41, 5.74) is 1.78. The Balaban J connectivity index is 2.25. The van der Waals surface area contributed by atoms with E-state index in [1.54, 1.807) is 24.3 Å². The topological polar surface area (TPSA) is 61.8 Å². The first kappa shape index (κ1) is 21.6. The van der Waals surface area contributed by atoms with Gasteiger partial charge in [0.15, 0.2) is 33.0 Å². The lowest BCUT2D eigenvalue weighted by Crippen LogP contribution is -1.98. The van der Waals surface area contributed by atoms with Crippen molar-refractivity contribution in [2.24, 2.45) is 0 Å². The molecule has 8 heteroatoms. The van der Waals surface area contributed by atoms with Crippen molar-refractivity contribution in [2.45, 2.75) is 4.90 Å². The summed E-state index contributed by atoms with van der Waals surface area (Å²) in [6, 6.07) is 11.3. The van der Waals surface area contributed by atoms with Crippen LogP contribution in [0.25, 0.3) is 22.3 Å². The third kappa shape index (κ3) is 4.09. The Hall–Kier alpha value is -3.13. The minimum atomic E-state index is -3.39. The van der Waals surface area contributed by atoms with Crippen LogP contribution in [-0.2, 0) is 9.84 Å². The maximum atomic E-state index is 14.1. The average Bonchev–Trinajstić information content (AvgIpc) is 2.73. The van der Waals surface area contributed by atoms with Gasteiger partial charge in [-0.3, -0.25) is 0 Å². The molecule has 0 heterocycles. The summed E-state index contributed by atoms with van der Waals surface area (Å²) < 4.78 is 67.7. The van der Waals surface area contributed by atoms with Crippen molar-refractivity contribution < 1.29 is 31.4 Å². The Bertz CT molecular complexity index is 1160. The molecular weight excluding hydrogens is 414 g/mol. The van der Waals surface area contributed by atoms with Crippen LogP contribution in [0.5, 0.6) is 17.2 Å². The van der Waals surface area contributed by atoms with E-state index in [1.807, 2.05) is 0 Å². The van der Waals surface area contributed by atoms with Crippen molar-refractivity contribution in [1.29, 1.82) is 0 Å². The highest BCUT2D eigenvalue weighted by molar-refractivity contribution is 7.90. The fraction of sp³-hybridized carbons (Fsp3) is 0.182. The van der Waals surface area contributed by atoms with Gasteiger partial charge >= 0.3 is 0 Å². The van der Waals surface area contributed by atoms with Gasteiger partial charge in [0.1, 0.15) is 0 Å². The molecule has 0 amide bonds. The highest BCUT2D eigenvalue weighted by Gasteiger charge is 2.19. The lowest BCUT2D eigenvalue weighted by Gasteiger charge is -2.17. The lowest BCUT2D eigenvalue weighted by molar-refractivity contribution is 0.324. The third-order valence-corrected chi connectivity index (χ3v) is 5.76. The van der Waals surface area contributed by atoms with Crippen molar-refractivity contribution in [2.75, 3.05) is 27.6 Å². The summed E-state index contributed by atoms with van der Waals surface area (Å²) in [6.45, 7) is 0. The van der Waals surface area contributed by atoms with Crippen LogP contribution in [0.3, 0.4) is 0 Å². The molecule has 0 saturated heterocycles. The first-order valence-corrected chi connectivity index (χ1v) is 10.7. The van der Waals surface area contributed by atoms with E-state index in [-0.39, 0.29) is 4.90 Å². The van der Waals surface area contributed by atoms with E-state index in [0.717, 1.165) is 18.4 Å². The van der Waals surface area contributed by atoms with Crippen molar-refractivity contribution in [1.82, 2.24) is 0 Å². The van der Waals surface area contributed by atoms with Gasteiger partial charge in [0.2, 0.25) is 5.75 Å². The van der Waals surface area contributed by atoms with Gasteiger partial charge in [-0.2, -0.15) is 0 Å². The van der Waals surface area contributed by atoms with Crippen LogP contribution in [0.1, 0.15) is 0 Å². The molecular formula is C22H20F2O5S.